The molecule has 216 valence electrons. The van der Waals surface area contributed by atoms with Crippen LogP contribution in [0.4, 0.5) is 0 Å². The Morgan fingerprint density at radius 1 is 0.833 bits per heavy atom. The minimum atomic E-state index is -0.139. The molecule has 2 saturated heterocycles. The molecule has 42 heavy (non-hydrogen) atoms. The van der Waals surface area contributed by atoms with E-state index in [0.29, 0.717) is 18.0 Å². The molecule has 3 aromatic carbocycles. The molecule has 7 heteroatoms. The molecule has 0 aliphatic carbocycles. The van der Waals surface area contributed by atoms with Crippen LogP contribution in [0.15, 0.2) is 71.5 Å². The number of likely N-dealkylation sites (tertiary alicyclic amines) is 1. The van der Waals surface area contributed by atoms with E-state index in [-0.39, 0.29) is 5.56 Å². The smallest absolute Gasteiger partial charge is 0.270 e. The lowest BCUT2D eigenvalue weighted by atomic mass is 9.90. The first kappa shape index (κ1) is 27.0. The van der Waals surface area contributed by atoms with Crippen molar-refractivity contribution < 1.29 is 0 Å². The lowest BCUT2D eigenvalue weighted by molar-refractivity contribution is 0.223. The summed E-state index contributed by atoms with van der Waals surface area (Å²) in [5.41, 5.74) is 7.54. The molecule has 2 aliphatic rings. The van der Waals surface area contributed by atoms with Gasteiger partial charge in [-0.2, -0.15) is 0 Å². The first-order valence-electron chi connectivity index (χ1n) is 15.7. The Morgan fingerprint density at radius 2 is 1.62 bits per heavy atom. The highest BCUT2D eigenvalue weighted by Crippen LogP contribution is 2.31. The summed E-state index contributed by atoms with van der Waals surface area (Å²) in [6, 6.07) is 23.3. The molecule has 0 amide bonds. The summed E-state index contributed by atoms with van der Waals surface area (Å²) in [7, 11) is 0. The van der Waals surface area contributed by atoms with E-state index in [2.05, 4.69) is 50.1 Å². The minimum Gasteiger partial charge on any atom is -0.324 e. The van der Waals surface area contributed by atoms with Crippen molar-refractivity contribution in [3.05, 3.63) is 93.9 Å². The molecule has 4 heterocycles. The summed E-state index contributed by atoms with van der Waals surface area (Å²) in [6.07, 6.45) is 7.94. The molecule has 5 aromatic rings. The number of nitrogens with one attached hydrogen (secondary N) is 2. The van der Waals surface area contributed by atoms with Crippen LogP contribution in [0.3, 0.4) is 0 Å². The van der Waals surface area contributed by atoms with E-state index in [1.165, 1.54) is 50.8 Å². The fraction of sp³-hybridized carbons (Fsp3) is 0.400. The summed E-state index contributed by atoms with van der Waals surface area (Å²) in [5, 5.41) is 3.48. The first-order chi connectivity index (χ1) is 20.7. The Morgan fingerprint density at radius 3 is 2.40 bits per heavy atom. The number of benzene rings is 3. The third-order valence-electron chi connectivity index (χ3n) is 9.13. The number of hydrogen-bond donors (Lipinski definition) is 2. The molecule has 0 radical (unpaired) electrons. The molecule has 2 N–H and O–H groups in total. The van der Waals surface area contributed by atoms with E-state index in [1.54, 1.807) is 0 Å². The molecule has 7 rings (SSSR count). The standard InChI is InChI=1S/C35H40N6O/c42-35-32(22-25-8-3-1-4-9-25)37-30-24-33-31(23-29(30)39-35)38-34(41(33)21-7-20-40-18-5-2-6-19-40)28-12-10-26(11-13-28)27-14-16-36-17-15-27/h1,3-4,8-13,23-24,27,36H,2,5-7,14-22H2,(H,39,42). The summed E-state index contributed by atoms with van der Waals surface area (Å²) in [5.74, 6) is 1.62. The fourth-order valence-electron chi connectivity index (χ4n) is 6.79. The van der Waals surface area contributed by atoms with E-state index in [1.807, 2.05) is 36.4 Å². The van der Waals surface area contributed by atoms with Gasteiger partial charge < -0.3 is 19.8 Å². The molecule has 0 atom stereocenters. The van der Waals surface area contributed by atoms with Crippen molar-refractivity contribution in [3.63, 3.8) is 0 Å². The van der Waals surface area contributed by atoms with Crippen molar-refractivity contribution in [2.75, 3.05) is 32.7 Å². The molecule has 0 spiro atoms. The summed E-state index contributed by atoms with van der Waals surface area (Å²) >= 11 is 0. The predicted octanol–water partition coefficient (Wildman–Crippen LogP) is 5.87. The fourth-order valence-corrected chi connectivity index (χ4v) is 6.79. The van der Waals surface area contributed by atoms with Gasteiger partial charge in [0.05, 0.1) is 22.1 Å². The number of fused-ring (bicyclic) bond motifs is 2. The largest absolute Gasteiger partial charge is 0.324 e. The zero-order valence-electron chi connectivity index (χ0n) is 24.3. The van der Waals surface area contributed by atoms with Crippen LogP contribution < -0.4 is 10.9 Å². The summed E-state index contributed by atoms with van der Waals surface area (Å²) < 4.78 is 2.38. The molecular formula is C35H40N6O. The highest BCUT2D eigenvalue weighted by atomic mass is 16.1. The van der Waals surface area contributed by atoms with Crippen molar-refractivity contribution in [2.45, 2.75) is 57.4 Å². The number of H-pyrrole nitrogens is 1. The normalized spacial score (nSPS) is 16.9. The van der Waals surface area contributed by atoms with Crippen LogP contribution in [0.25, 0.3) is 33.5 Å². The van der Waals surface area contributed by atoms with Crippen molar-refractivity contribution in [1.29, 1.82) is 0 Å². The van der Waals surface area contributed by atoms with Crippen LogP contribution in [0.2, 0.25) is 0 Å². The van der Waals surface area contributed by atoms with Crippen molar-refractivity contribution >= 4 is 22.1 Å². The molecule has 2 aromatic heterocycles. The number of piperidine rings is 2. The van der Waals surface area contributed by atoms with Crippen LogP contribution in [0, 0.1) is 0 Å². The van der Waals surface area contributed by atoms with Crippen LogP contribution in [-0.4, -0.2) is 57.1 Å². The quantitative estimate of drug-likeness (QED) is 0.248. The second-order valence-corrected chi connectivity index (χ2v) is 12.0. The van der Waals surface area contributed by atoms with E-state index in [9.17, 15) is 4.79 Å². The maximum absolute atomic E-state index is 13.0. The van der Waals surface area contributed by atoms with Crippen molar-refractivity contribution in [3.8, 4) is 11.4 Å². The topological polar surface area (TPSA) is 78.8 Å². The van der Waals surface area contributed by atoms with Gasteiger partial charge in [0.25, 0.3) is 5.56 Å². The van der Waals surface area contributed by atoms with Crippen LogP contribution in [0.5, 0.6) is 0 Å². The maximum atomic E-state index is 13.0. The highest BCUT2D eigenvalue weighted by molar-refractivity contribution is 5.93. The summed E-state index contributed by atoms with van der Waals surface area (Å²) in [4.78, 5) is 28.7. The average Bonchev–Trinajstić information content (AvgIpc) is 3.39. The molecular weight excluding hydrogens is 520 g/mol. The second kappa shape index (κ2) is 12.2. The number of hydrogen-bond acceptors (Lipinski definition) is 5. The third-order valence-corrected chi connectivity index (χ3v) is 9.13. The van der Waals surface area contributed by atoms with Crippen LogP contribution in [0.1, 0.15) is 61.3 Å². The van der Waals surface area contributed by atoms with Gasteiger partial charge in [0, 0.05) is 18.5 Å². The van der Waals surface area contributed by atoms with Gasteiger partial charge in [0.2, 0.25) is 0 Å². The van der Waals surface area contributed by atoms with Gasteiger partial charge in [-0.3, -0.25) is 4.79 Å². The molecule has 0 bridgehead atoms. The van der Waals surface area contributed by atoms with E-state index < -0.39 is 0 Å². The lowest BCUT2D eigenvalue weighted by Gasteiger charge is -2.26. The van der Waals surface area contributed by atoms with Gasteiger partial charge in [0.15, 0.2) is 0 Å². The first-order valence-corrected chi connectivity index (χ1v) is 15.7. The Balaban J connectivity index is 1.25. The number of aromatic nitrogens is 4. The highest BCUT2D eigenvalue weighted by Gasteiger charge is 2.19. The van der Waals surface area contributed by atoms with Crippen LogP contribution >= 0.6 is 0 Å². The monoisotopic (exact) mass is 560 g/mol. The molecule has 7 nitrogen and oxygen atoms in total. The molecule has 2 fully saturated rings. The van der Waals surface area contributed by atoms with Gasteiger partial charge in [-0.05, 0) is 94.0 Å². The Hall–Kier alpha value is -3.81. The van der Waals surface area contributed by atoms with E-state index in [4.69, 9.17) is 9.97 Å². The number of aryl methyl sites for hydroxylation is 1. The number of rotatable bonds is 8. The van der Waals surface area contributed by atoms with Crippen LogP contribution in [-0.2, 0) is 13.0 Å². The second-order valence-electron chi connectivity index (χ2n) is 12.0. The molecule has 0 saturated carbocycles. The van der Waals surface area contributed by atoms with Gasteiger partial charge in [-0.25, -0.2) is 9.97 Å². The van der Waals surface area contributed by atoms with Gasteiger partial charge in [-0.1, -0.05) is 61.0 Å². The number of aromatic amines is 1. The maximum Gasteiger partial charge on any atom is 0.270 e. The predicted molar refractivity (Wildman–Crippen MR) is 170 cm³/mol. The zero-order chi connectivity index (χ0) is 28.3. The Bertz CT molecular complexity index is 1710. The Labute approximate surface area is 247 Å². The zero-order valence-corrected chi connectivity index (χ0v) is 24.3. The SMILES string of the molecule is O=c1[nH]c2cc3nc(-c4ccc(C5CCNCC5)cc4)n(CCCN4CCCCC4)c3cc2nc1Cc1ccccc1. The number of nitrogens with zero attached hydrogens (tertiary/aromatic N) is 4. The summed E-state index contributed by atoms with van der Waals surface area (Å²) in [6.45, 7) is 6.60. The number of imidazole rings is 1. The third kappa shape index (κ3) is 5.76. The van der Waals surface area contributed by atoms with Gasteiger partial charge in [-0.15, -0.1) is 0 Å². The van der Waals surface area contributed by atoms with Gasteiger partial charge in [0.1, 0.15) is 11.5 Å². The Kier molecular flexibility index (Phi) is 7.86. The van der Waals surface area contributed by atoms with Crippen molar-refractivity contribution in [1.82, 2.24) is 29.7 Å². The minimum absolute atomic E-state index is 0.139. The van der Waals surface area contributed by atoms with E-state index >= 15 is 0 Å². The van der Waals surface area contributed by atoms with Gasteiger partial charge >= 0.3 is 0 Å². The van der Waals surface area contributed by atoms with E-state index in [0.717, 1.165) is 71.6 Å². The molecule has 0 unspecified atom stereocenters. The molecule has 2 aliphatic heterocycles. The lowest BCUT2D eigenvalue weighted by Crippen LogP contribution is -2.31. The van der Waals surface area contributed by atoms with Crippen molar-refractivity contribution in [2.24, 2.45) is 0 Å². The average molecular weight is 561 g/mol.